The molecule has 1 N–H and O–H groups in total. The van der Waals surface area contributed by atoms with Gasteiger partial charge in [0, 0.05) is 19.3 Å². The van der Waals surface area contributed by atoms with E-state index < -0.39 is 0 Å². The topological polar surface area (TPSA) is 21.3 Å². The second-order valence-corrected chi connectivity index (χ2v) is 3.54. The molecule has 2 unspecified atom stereocenters. The van der Waals surface area contributed by atoms with Gasteiger partial charge in [0.15, 0.2) is 0 Å². The van der Waals surface area contributed by atoms with Gasteiger partial charge in [-0.15, -0.1) is 0 Å². The maximum absolute atomic E-state index is 5.35. The SMILES string of the molecule is CCNC(CC)C(C)CCOCC. The van der Waals surface area contributed by atoms with Gasteiger partial charge in [0.05, 0.1) is 0 Å². The first-order chi connectivity index (χ1) is 6.26. The van der Waals surface area contributed by atoms with Crippen LogP contribution in [0.15, 0.2) is 0 Å². The van der Waals surface area contributed by atoms with Gasteiger partial charge in [-0.2, -0.15) is 0 Å². The molecule has 0 amide bonds. The lowest BCUT2D eigenvalue weighted by Crippen LogP contribution is -2.34. The van der Waals surface area contributed by atoms with Crippen molar-refractivity contribution in [3.8, 4) is 0 Å². The first kappa shape index (κ1) is 12.9. The normalized spacial score (nSPS) is 15.7. The van der Waals surface area contributed by atoms with E-state index in [2.05, 4.69) is 26.1 Å². The van der Waals surface area contributed by atoms with Crippen LogP contribution in [0.5, 0.6) is 0 Å². The molecule has 0 aliphatic heterocycles. The van der Waals surface area contributed by atoms with E-state index in [0.29, 0.717) is 6.04 Å². The Bertz CT molecular complexity index is 106. The summed E-state index contributed by atoms with van der Waals surface area (Å²) in [5.41, 5.74) is 0. The Balaban J connectivity index is 3.57. The van der Waals surface area contributed by atoms with E-state index in [1.165, 1.54) is 12.8 Å². The predicted molar refractivity (Wildman–Crippen MR) is 58.0 cm³/mol. The molecule has 0 rings (SSSR count). The summed E-state index contributed by atoms with van der Waals surface area (Å²) in [7, 11) is 0. The van der Waals surface area contributed by atoms with Gasteiger partial charge in [-0.3, -0.25) is 0 Å². The molecule has 0 saturated heterocycles. The van der Waals surface area contributed by atoms with Crippen LogP contribution in [0.1, 0.15) is 40.5 Å². The fraction of sp³-hybridized carbons (Fsp3) is 1.00. The predicted octanol–water partition coefficient (Wildman–Crippen LogP) is 2.44. The van der Waals surface area contributed by atoms with Crippen LogP contribution in [-0.2, 0) is 4.74 Å². The highest BCUT2D eigenvalue weighted by Crippen LogP contribution is 2.11. The Morgan fingerprint density at radius 1 is 1.23 bits per heavy atom. The van der Waals surface area contributed by atoms with Gasteiger partial charge < -0.3 is 10.1 Å². The Labute approximate surface area is 83.1 Å². The van der Waals surface area contributed by atoms with Crippen molar-refractivity contribution in [1.29, 1.82) is 0 Å². The van der Waals surface area contributed by atoms with Crippen LogP contribution in [-0.4, -0.2) is 25.8 Å². The highest BCUT2D eigenvalue weighted by molar-refractivity contribution is 4.70. The maximum atomic E-state index is 5.35. The largest absolute Gasteiger partial charge is 0.382 e. The van der Waals surface area contributed by atoms with Gasteiger partial charge in [0.1, 0.15) is 0 Å². The van der Waals surface area contributed by atoms with Crippen molar-refractivity contribution in [2.75, 3.05) is 19.8 Å². The molecule has 0 aromatic rings. The molecule has 0 bridgehead atoms. The summed E-state index contributed by atoms with van der Waals surface area (Å²) in [6.45, 7) is 11.6. The zero-order valence-electron chi connectivity index (χ0n) is 9.60. The molecule has 2 atom stereocenters. The lowest BCUT2D eigenvalue weighted by atomic mass is 9.96. The molecular weight excluding hydrogens is 162 g/mol. The van der Waals surface area contributed by atoms with Crippen LogP contribution >= 0.6 is 0 Å². The van der Waals surface area contributed by atoms with E-state index in [1.54, 1.807) is 0 Å². The summed E-state index contributed by atoms with van der Waals surface area (Å²) in [5, 5.41) is 3.50. The molecule has 2 heteroatoms. The summed E-state index contributed by atoms with van der Waals surface area (Å²) >= 11 is 0. The van der Waals surface area contributed by atoms with Crippen molar-refractivity contribution >= 4 is 0 Å². The van der Waals surface area contributed by atoms with E-state index in [9.17, 15) is 0 Å². The quantitative estimate of drug-likeness (QED) is 0.589. The van der Waals surface area contributed by atoms with Crippen molar-refractivity contribution in [2.24, 2.45) is 5.92 Å². The van der Waals surface area contributed by atoms with E-state index in [-0.39, 0.29) is 0 Å². The summed E-state index contributed by atoms with van der Waals surface area (Å²) in [4.78, 5) is 0. The van der Waals surface area contributed by atoms with Gasteiger partial charge in [0.2, 0.25) is 0 Å². The molecule has 0 heterocycles. The molecule has 0 radical (unpaired) electrons. The third-order valence-electron chi connectivity index (χ3n) is 2.51. The Hall–Kier alpha value is -0.0800. The molecular formula is C11H25NO. The lowest BCUT2D eigenvalue weighted by molar-refractivity contribution is 0.127. The molecule has 0 saturated carbocycles. The summed E-state index contributed by atoms with van der Waals surface area (Å²) in [6.07, 6.45) is 2.38. The molecule has 0 aromatic carbocycles. The van der Waals surface area contributed by atoms with Gasteiger partial charge in [0.25, 0.3) is 0 Å². The maximum Gasteiger partial charge on any atom is 0.0469 e. The molecule has 0 spiro atoms. The van der Waals surface area contributed by atoms with E-state index in [1.807, 2.05) is 6.92 Å². The van der Waals surface area contributed by atoms with Crippen molar-refractivity contribution < 1.29 is 4.74 Å². The number of nitrogens with one attached hydrogen (secondary N) is 1. The molecule has 0 aromatic heterocycles. The third-order valence-corrected chi connectivity index (χ3v) is 2.51. The van der Waals surface area contributed by atoms with Crippen molar-refractivity contribution in [1.82, 2.24) is 5.32 Å². The standard InChI is InChI=1S/C11H25NO/c1-5-11(12-6-2)10(4)8-9-13-7-3/h10-12H,5-9H2,1-4H3. The first-order valence-electron chi connectivity index (χ1n) is 5.57. The molecule has 13 heavy (non-hydrogen) atoms. The van der Waals surface area contributed by atoms with Crippen LogP contribution in [0.3, 0.4) is 0 Å². The smallest absolute Gasteiger partial charge is 0.0469 e. The fourth-order valence-electron chi connectivity index (χ4n) is 1.62. The number of hydrogen-bond donors (Lipinski definition) is 1. The summed E-state index contributed by atoms with van der Waals surface area (Å²) in [5.74, 6) is 0.719. The highest BCUT2D eigenvalue weighted by atomic mass is 16.5. The number of ether oxygens (including phenoxy) is 1. The number of rotatable bonds is 8. The second kappa shape index (κ2) is 8.52. The van der Waals surface area contributed by atoms with Crippen LogP contribution < -0.4 is 5.32 Å². The van der Waals surface area contributed by atoms with Crippen LogP contribution in [0, 0.1) is 5.92 Å². The van der Waals surface area contributed by atoms with E-state index in [4.69, 9.17) is 4.74 Å². The minimum atomic E-state index is 0.658. The summed E-state index contributed by atoms with van der Waals surface area (Å²) < 4.78 is 5.35. The molecule has 0 aliphatic carbocycles. The molecule has 80 valence electrons. The van der Waals surface area contributed by atoms with Gasteiger partial charge in [-0.1, -0.05) is 20.8 Å². The van der Waals surface area contributed by atoms with Gasteiger partial charge in [-0.25, -0.2) is 0 Å². The first-order valence-corrected chi connectivity index (χ1v) is 5.57. The second-order valence-electron chi connectivity index (χ2n) is 3.54. The van der Waals surface area contributed by atoms with Crippen LogP contribution in [0.2, 0.25) is 0 Å². The highest BCUT2D eigenvalue weighted by Gasteiger charge is 2.13. The van der Waals surface area contributed by atoms with Gasteiger partial charge in [-0.05, 0) is 32.2 Å². The fourth-order valence-corrected chi connectivity index (χ4v) is 1.62. The lowest BCUT2D eigenvalue weighted by Gasteiger charge is -2.23. The number of hydrogen-bond acceptors (Lipinski definition) is 2. The molecule has 0 fully saturated rings. The van der Waals surface area contributed by atoms with Crippen LogP contribution in [0.4, 0.5) is 0 Å². The Morgan fingerprint density at radius 3 is 2.38 bits per heavy atom. The minimum absolute atomic E-state index is 0.658. The van der Waals surface area contributed by atoms with Gasteiger partial charge >= 0.3 is 0 Å². The summed E-state index contributed by atoms with van der Waals surface area (Å²) in [6, 6.07) is 0.658. The molecule has 2 nitrogen and oxygen atoms in total. The van der Waals surface area contributed by atoms with Crippen molar-refractivity contribution in [3.63, 3.8) is 0 Å². The Kier molecular flexibility index (Phi) is 8.46. The Morgan fingerprint density at radius 2 is 1.92 bits per heavy atom. The monoisotopic (exact) mass is 187 g/mol. The van der Waals surface area contributed by atoms with Crippen molar-refractivity contribution in [3.05, 3.63) is 0 Å². The van der Waals surface area contributed by atoms with E-state index >= 15 is 0 Å². The zero-order valence-corrected chi connectivity index (χ0v) is 9.60. The van der Waals surface area contributed by atoms with E-state index in [0.717, 1.165) is 25.7 Å². The minimum Gasteiger partial charge on any atom is -0.382 e. The average molecular weight is 187 g/mol. The zero-order chi connectivity index (χ0) is 10.1. The average Bonchev–Trinajstić information content (AvgIpc) is 2.14. The van der Waals surface area contributed by atoms with Crippen molar-refractivity contribution in [2.45, 2.75) is 46.6 Å². The third kappa shape index (κ3) is 6.05. The molecule has 0 aliphatic rings. The van der Waals surface area contributed by atoms with Crippen LogP contribution in [0.25, 0.3) is 0 Å².